The van der Waals surface area contributed by atoms with Crippen LogP contribution in [-0.4, -0.2) is 46.9 Å². The Morgan fingerprint density at radius 2 is 1.79 bits per heavy atom. The summed E-state index contributed by atoms with van der Waals surface area (Å²) in [5.74, 6) is 0.113. The van der Waals surface area contributed by atoms with Crippen LogP contribution < -0.4 is 0 Å². The summed E-state index contributed by atoms with van der Waals surface area (Å²) in [6.45, 7) is 8.36. The molecule has 3 rings (SSSR count). The van der Waals surface area contributed by atoms with Gasteiger partial charge in [-0.05, 0) is 38.0 Å². The first-order valence-electron chi connectivity index (χ1n) is 8.63. The summed E-state index contributed by atoms with van der Waals surface area (Å²) in [7, 11) is 0. The second-order valence-electron chi connectivity index (χ2n) is 6.49. The molecule has 1 aliphatic heterocycles. The SMILES string of the molecule is Cc1ccc(C(=O)N2CCCN(Cc3ccccc3)CC2)c(C)n1. The first kappa shape index (κ1) is 16.7. The third-order valence-electron chi connectivity index (χ3n) is 4.58. The minimum absolute atomic E-state index is 0.113. The maximum absolute atomic E-state index is 12.8. The molecular formula is C20H25N3O. The quantitative estimate of drug-likeness (QED) is 0.871. The van der Waals surface area contributed by atoms with Crippen molar-refractivity contribution in [2.75, 3.05) is 26.2 Å². The van der Waals surface area contributed by atoms with Crippen molar-refractivity contribution in [2.45, 2.75) is 26.8 Å². The maximum Gasteiger partial charge on any atom is 0.255 e. The molecule has 4 nitrogen and oxygen atoms in total. The average molecular weight is 323 g/mol. The average Bonchev–Trinajstić information content (AvgIpc) is 2.81. The summed E-state index contributed by atoms with van der Waals surface area (Å²) in [6.07, 6.45) is 1.01. The second kappa shape index (κ2) is 7.58. The van der Waals surface area contributed by atoms with Gasteiger partial charge in [-0.3, -0.25) is 14.7 Å². The number of aromatic nitrogens is 1. The summed E-state index contributed by atoms with van der Waals surface area (Å²) in [4.78, 5) is 21.7. The van der Waals surface area contributed by atoms with E-state index in [-0.39, 0.29) is 5.91 Å². The van der Waals surface area contributed by atoms with Crippen LogP contribution in [0.5, 0.6) is 0 Å². The van der Waals surface area contributed by atoms with E-state index in [1.54, 1.807) is 0 Å². The molecule has 1 aromatic carbocycles. The number of rotatable bonds is 3. The first-order chi connectivity index (χ1) is 11.6. The maximum atomic E-state index is 12.8. The third kappa shape index (κ3) is 4.01. The van der Waals surface area contributed by atoms with E-state index in [2.05, 4.69) is 34.1 Å². The van der Waals surface area contributed by atoms with E-state index >= 15 is 0 Å². The van der Waals surface area contributed by atoms with Crippen LogP contribution in [0.1, 0.15) is 33.7 Å². The van der Waals surface area contributed by atoms with Crippen molar-refractivity contribution in [3.05, 3.63) is 65.0 Å². The lowest BCUT2D eigenvalue weighted by Gasteiger charge is -2.22. The predicted molar refractivity (Wildman–Crippen MR) is 96.0 cm³/mol. The molecule has 1 aromatic heterocycles. The Labute approximate surface area is 144 Å². The minimum Gasteiger partial charge on any atom is -0.337 e. The van der Waals surface area contributed by atoms with Crippen molar-refractivity contribution >= 4 is 5.91 Å². The molecule has 0 saturated carbocycles. The molecule has 1 saturated heterocycles. The summed E-state index contributed by atoms with van der Waals surface area (Å²) in [5.41, 5.74) is 3.84. The van der Waals surface area contributed by atoms with Crippen molar-refractivity contribution in [1.29, 1.82) is 0 Å². The van der Waals surface area contributed by atoms with E-state index in [4.69, 9.17) is 0 Å². The lowest BCUT2D eigenvalue weighted by Crippen LogP contribution is -2.35. The molecule has 0 atom stereocenters. The van der Waals surface area contributed by atoms with Crippen LogP contribution in [0.15, 0.2) is 42.5 Å². The Kier molecular flexibility index (Phi) is 5.26. The zero-order valence-corrected chi connectivity index (χ0v) is 14.5. The monoisotopic (exact) mass is 323 g/mol. The van der Waals surface area contributed by atoms with Gasteiger partial charge in [-0.25, -0.2) is 0 Å². The van der Waals surface area contributed by atoms with E-state index in [1.165, 1.54) is 5.56 Å². The van der Waals surface area contributed by atoms with Gasteiger partial charge in [0.15, 0.2) is 0 Å². The molecule has 2 heterocycles. The van der Waals surface area contributed by atoms with Crippen LogP contribution >= 0.6 is 0 Å². The topological polar surface area (TPSA) is 36.4 Å². The zero-order chi connectivity index (χ0) is 16.9. The Morgan fingerprint density at radius 3 is 2.54 bits per heavy atom. The molecule has 0 N–H and O–H groups in total. The number of carbonyl (C=O) groups is 1. The largest absolute Gasteiger partial charge is 0.337 e. The third-order valence-corrected chi connectivity index (χ3v) is 4.58. The highest BCUT2D eigenvalue weighted by molar-refractivity contribution is 5.95. The van der Waals surface area contributed by atoms with Crippen molar-refractivity contribution in [2.24, 2.45) is 0 Å². The fourth-order valence-electron chi connectivity index (χ4n) is 3.26. The van der Waals surface area contributed by atoms with Gasteiger partial charge in [0.1, 0.15) is 0 Å². The van der Waals surface area contributed by atoms with Crippen LogP contribution in [0, 0.1) is 13.8 Å². The number of carbonyl (C=O) groups excluding carboxylic acids is 1. The van der Waals surface area contributed by atoms with E-state index < -0.39 is 0 Å². The molecular weight excluding hydrogens is 298 g/mol. The van der Waals surface area contributed by atoms with Gasteiger partial charge in [0.05, 0.1) is 11.3 Å². The number of benzene rings is 1. The minimum atomic E-state index is 0.113. The number of hydrogen-bond donors (Lipinski definition) is 0. The van der Waals surface area contributed by atoms with Crippen LogP contribution in [0.3, 0.4) is 0 Å². The molecule has 126 valence electrons. The van der Waals surface area contributed by atoms with Gasteiger partial charge in [-0.15, -0.1) is 0 Å². The molecule has 4 heteroatoms. The van der Waals surface area contributed by atoms with Gasteiger partial charge < -0.3 is 4.90 Å². The van der Waals surface area contributed by atoms with Crippen LogP contribution in [-0.2, 0) is 6.54 Å². The first-order valence-corrected chi connectivity index (χ1v) is 8.63. The fourth-order valence-corrected chi connectivity index (χ4v) is 3.26. The fraction of sp³-hybridized carbons (Fsp3) is 0.400. The van der Waals surface area contributed by atoms with Gasteiger partial charge >= 0.3 is 0 Å². The molecule has 24 heavy (non-hydrogen) atoms. The highest BCUT2D eigenvalue weighted by Crippen LogP contribution is 2.14. The number of nitrogens with zero attached hydrogens (tertiary/aromatic N) is 3. The van der Waals surface area contributed by atoms with Crippen molar-refractivity contribution in [3.8, 4) is 0 Å². The smallest absolute Gasteiger partial charge is 0.255 e. The molecule has 0 spiro atoms. The van der Waals surface area contributed by atoms with Gasteiger partial charge in [0.2, 0.25) is 0 Å². The normalized spacial score (nSPS) is 16.0. The second-order valence-corrected chi connectivity index (χ2v) is 6.49. The molecule has 2 aromatic rings. The highest BCUT2D eigenvalue weighted by atomic mass is 16.2. The molecule has 1 aliphatic rings. The highest BCUT2D eigenvalue weighted by Gasteiger charge is 2.21. The summed E-state index contributed by atoms with van der Waals surface area (Å²) in [6, 6.07) is 14.4. The number of aryl methyl sites for hydroxylation is 2. The van der Waals surface area contributed by atoms with Gasteiger partial charge in [-0.1, -0.05) is 30.3 Å². The Bertz CT molecular complexity index is 699. The van der Waals surface area contributed by atoms with Crippen LogP contribution in [0.2, 0.25) is 0 Å². The summed E-state index contributed by atoms with van der Waals surface area (Å²) >= 11 is 0. The van der Waals surface area contributed by atoms with Gasteiger partial charge in [0, 0.05) is 38.4 Å². The molecule has 0 radical (unpaired) electrons. The Morgan fingerprint density at radius 1 is 1.00 bits per heavy atom. The lowest BCUT2D eigenvalue weighted by atomic mass is 10.1. The molecule has 0 unspecified atom stereocenters. The van der Waals surface area contributed by atoms with Crippen molar-refractivity contribution < 1.29 is 4.79 Å². The number of amides is 1. The summed E-state index contributed by atoms with van der Waals surface area (Å²) in [5, 5.41) is 0. The molecule has 0 aliphatic carbocycles. The summed E-state index contributed by atoms with van der Waals surface area (Å²) < 4.78 is 0. The van der Waals surface area contributed by atoms with E-state index in [0.29, 0.717) is 0 Å². The molecule has 1 amide bonds. The van der Waals surface area contributed by atoms with Crippen molar-refractivity contribution in [1.82, 2.24) is 14.8 Å². The predicted octanol–water partition coefficient (Wildman–Crippen LogP) is 3.05. The Balaban J connectivity index is 1.63. The molecule has 1 fully saturated rings. The Hall–Kier alpha value is -2.20. The van der Waals surface area contributed by atoms with Gasteiger partial charge in [-0.2, -0.15) is 0 Å². The zero-order valence-electron chi connectivity index (χ0n) is 14.5. The van der Waals surface area contributed by atoms with E-state index in [9.17, 15) is 4.79 Å². The lowest BCUT2D eigenvalue weighted by molar-refractivity contribution is 0.0760. The standard InChI is InChI=1S/C20H25N3O/c1-16-9-10-19(17(2)21-16)20(24)23-12-6-11-22(13-14-23)15-18-7-4-3-5-8-18/h3-5,7-10H,6,11-15H2,1-2H3. The van der Waals surface area contributed by atoms with Crippen LogP contribution in [0.25, 0.3) is 0 Å². The van der Waals surface area contributed by atoms with Gasteiger partial charge in [0.25, 0.3) is 5.91 Å². The number of pyridine rings is 1. The molecule has 0 bridgehead atoms. The van der Waals surface area contributed by atoms with E-state index in [0.717, 1.165) is 56.1 Å². The number of hydrogen-bond acceptors (Lipinski definition) is 3. The van der Waals surface area contributed by atoms with Crippen molar-refractivity contribution in [3.63, 3.8) is 0 Å². The van der Waals surface area contributed by atoms with E-state index in [1.807, 2.05) is 36.9 Å². The van der Waals surface area contributed by atoms with Crippen LogP contribution in [0.4, 0.5) is 0 Å².